The van der Waals surface area contributed by atoms with Gasteiger partial charge >= 0.3 is 0 Å². The Balaban J connectivity index is 1.80. The number of hydrogen-bond acceptors (Lipinski definition) is 6. The summed E-state index contributed by atoms with van der Waals surface area (Å²) in [4.78, 5) is 0.0176. The lowest BCUT2D eigenvalue weighted by atomic mass is 10.1. The van der Waals surface area contributed by atoms with Crippen LogP contribution in [-0.2, 0) is 20.0 Å². The fraction of sp³-hybridized carbons (Fsp3) is 0.294. The topological polar surface area (TPSA) is 125 Å². The molecule has 1 heterocycles. The van der Waals surface area contributed by atoms with Gasteiger partial charge in [-0.15, -0.1) is 0 Å². The maximum atomic E-state index is 12.7. The number of primary sulfonamides is 1. The van der Waals surface area contributed by atoms with Crippen LogP contribution in [0.1, 0.15) is 24.9 Å². The van der Waals surface area contributed by atoms with Crippen LogP contribution in [0.5, 0.6) is 11.5 Å². The van der Waals surface area contributed by atoms with Gasteiger partial charge in [-0.2, -0.15) is 0 Å². The average Bonchev–Trinajstić information content (AvgIpc) is 2.85. The van der Waals surface area contributed by atoms with Crippen molar-refractivity contribution in [3.05, 3.63) is 48.0 Å². The molecule has 0 bridgehead atoms. The Kier molecular flexibility index (Phi) is 5.43. The second kappa shape index (κ2) is 7.47. The molecule has 0 amide bonds. The highest BCUT2D eigenvalue weighted by molar-refractivity contribution is 7.89. The van der Waals surface area contributed by atoms with Gasteiger partial charge in [0.15, 0.2) is 11.5 Å². The monoisotopic (exact) mass is 412 g/mol. The minimum absolute atomic E-state index is 0.0378. The van der Waals surface area contributed by atoms with Gasteiger partial charge in [0.25, 0.3) is 0 Å². The Labute approximate surface area is 158 Å². The molecule has 8 nitrogen and oxygen atoms in total. The summed E-state index contributed by atoms with van der Waals surface area (Å²) >= 11 is 0. The summed E-state index contributed by atoms with van der Waals surface area (Å²) in [6.07, 6.45) is 0.723. The molecule has 0 fully saturated rings. The standard InChI is InChI=1S/C17H20N2O6S2/c1-12(13-3-5-14(6-4-13)26(18,20)21)19-27(22,23)15-7-8-16-17(11-15)25-10-2-9-24-16/h3-8,11-12,19H,2,9-10H2,1H3,(H2,18,20,21). The van der Waals surface area contributed by atoms with Crippen LogP contribution in [0, 0.1) is 0 Å². The maximum absolute atomic E-state index is 12.7. The first kappa shape index (κ1) is 19.6. The molecule has 0 saturated heterocycles. The SMILES string of the molecule is CC(NS(=O)(=O)c1ccc2c(c1)OCCCO2)c1ccc(S(N)(=O)=O)cc1. The van der Waals surface area contributed by atoms with E-state index in [0.29, 0.717) is 30.3 Å². The zero-order chi connectivity index (χ0) is 19.7. The lowest BCUT2D eigenvalue weighted by Crippen LogP contribution is -2.27. The molecule has 10 heteroatoms. The molecular formula is C17H20N2O6S2. The van der Waals surface area contributed by atoms with Crippen molar-refractivity contribution in [2.45, 2.75) is 29.2 Å². The van der Waals surface area contributed by atoms with E-state index >= 15 is 0 Å². The van der Waals surface area contributed by atoms with Gasteiger partial charge in [0.2, 0.25) is 20.0 Å². The van der Waals surface area contributed by atoms with Crippen molar-refractivity contribution in [3.8, 4) is 11.5 Å². The molecule has 0 aromatic heterocycles. The highest BCUT2D eigenvalue weighted by atomic mass is 32.2. The number of nitrogens with one attached hydrogen (secondary N) is 1. The molecule has 2 aromatic carbocycles. The Bertz CT molecular complexity index is 1030. The Hall–Kier alpha value is -2.14. The third kappa shape index (κ3) is 4.59. The minimum Gasteiger partial charge on any atom is -0.490 e. The second-order valence-electron chi connectivity index (χ2n) is 6.12. The smallest absolute Gasteiger partial charge is 0.241 e. The van der Waals surface area contributed by atoms with E-state index in [1.54, 1.807) is 13.0 Å². The van der Waals surface area contributed by atoms with Crippen molar-refractivity contribution in [3.63, 3.8) is 0 Å². The molecular weight excluding hydrogens is 392 g/mol. The summed E-state index contributed by atoms with van der Waals surface area (Å²) in [5.41, 5.74) is 0.598. The van der Waals surface area contributed by atoms with E-state index in [-0.39, 0.29) is 9.79 Å². The Morgan fingerprint density at radius 3 is 2.15 bits per heavy atom. The third-order valence-corrected chi connectivity index (χ3v) is 6.54. The number of nitrogens with two attached hydrogens (primary N) is 1. The molecule has 1 unspecified atom stereocenters. The van der Waals surface area contributed by atoms with E-state index in [9.17, 15) is 16.8 Å². The van der Waals surface area contributed by atoms with Gasteiger partial charge in [0.05, 0.1) is 23.0 Å². The van der Waals surface area contributed by atoms with E-state index in [4.69, 9.17) is 14.6 Å². The molecule has 1 aliphatic heterocycles. The second-order valence-corrected chi connectivity index (χ2v) is 9.39. The number of rotatable bonds is 5. The zero-order valence-electron chi connectivity index (χ0n) is 14.6. The zero-order valence-corrected chi connectivity index (χ0v) is 16.2. The van der Waals surface area contributed by atoms with E-state index in [1.807, 2.05) is 0 Å². The fourth-order valence-corrected chi connectivity index (χ4v) is 4.39. The van der Waals surface area contributed by atoms with Crippen LogP contribution in [0.4, 0.5) is 0 Å². The summed E-state index contributed by atoms with van der Waals surface area (Å²) in [5.74, 6) is 0.901. The van der Waals surface area contributed by atoms with E-state index in [2.05, 4.69) is 4.72 Å². The highest BCUT2D eigenvalue weighted by Crippen LogP contribution is 2.32. The van der Waals surface area contributed by atoms with E-state index < -0.39 is 26.1 Å². The van der Waals surface area contributed by atoms with Crippen molar-refractivity contribution in [2.75, 3.05) is 13.2 Å². The molecule has 0 aliphatic carbocycles. The van der Waals surface area contributed by atoms with Crippen LogP contribution in [0.2, 0.25) is 0 Å². The first-order valence-corrected chi connectivity index (χ1v) is 11.2. The van der Waals surface area contributed by atoms with E-state index in [1.165, 1.54) is 36.4 Å². The molecule has 1 atom stereocenters. The number of ether oxygens (including phenoxy) is 2. The first-order valence-electron chi connectivity index (χ1n) is 8.21. The van der Waals surface area contributed by atoms with Gasteiger partial charge in [0.1, 0.15) is 0 Å². The molecule has 27 heavy (non-hydrogen) atoms. The number of sulfonamides is 2. The normalized spacial score (nSPS) is 15.8. The van der Waals surface area contributed by atoms with Gasteiger partial charge in [0, 0.05) is 18.5 Å². The van der Waals surface area contributed by atoms with E-state index in [0.717, 1.165) is 6.42 Å². The van der Waals surface area contributed by atoms with Crippen molar-refractivity contribution in [1.82, 2.24) is 4.72 Å². The predicted octanol–water partition coefficient (Wildman–Crippen LogP) is 1.53. The van der Waals surface area contributed by atoms with Crippen LogP contribution in [-0.4, -0.2) is 30.0 Å². The molecule has 0 radical (unpaired) electrons. The Morgan fingerprint density at radius 2 is 1.52 bits per heavy atom. The quantitative estimate of drug-likeness (QED) is 0.767. The number of benzene rings is 2. The van der Waals surface area contributed by atoms with Crippen LogP contribution < -0.4 is 19.3 Å². The van der Waals surface area contributed by atoms with Gasteiger partial charge in [-0.05, 0) is 36.8 Å². The van der Waals surface area contributed by atoms with Gasteiger partial charge in [-0.1, -0.05) is 12.1 Å². The highest BCUT2D eigenvalue weighted by Gasteiger charge is 2.21. The summed E-state index contributed by atoms with van der Waals surface area (Å²) in [6.45, 7) is 2.63. The van der Waals surface area contributed by atoms with Gasteiger partial charge in [-0.3, -0.25) is 0 Å². The minimum atomic E-state index is -3.82. The average molecular weight is 412 g/mol. The van der Waals surface area contributed by atoms with Crippen molar-refractivity contribution in [2.24, 2.45) is 5.14 Å². The largest absolute Gasteiger partial charge is 0.490 e. The van der Waals surface area contributed by atoms with Crippen molar-refractivity contribution in [1.29, 1.82) is 0 Å². The molecule has 0 spiro atoms. The van der Waals surface area contributed by atoms with Gasteiger partial charge < -0.3 is 9.47 Å². The van der Waals surface area contributed by atoms with Crippen LogP contribution in [0.25, 0.3) is 0 Å². The van der Waals surface area contributed by atoms with Crippen molar-refractivity contribution >= 4 is 20.0 Å². The Morgan fingerprint density at radius 1 is 0.926 bits per heavy atom. The van der Waals surface area contributed by atoms with Crippen LogP contribution in [0.15, 0.2) is 52.3 Å². The molecule has 3 N–H and O–H groups in total. The lowest BCUT2D eigenvalue weighted by Gasteiger charge is -2.16. The molecule has 1 aliphatic rings. The van der Waals surface area contributed by atoms with Crippen LogP contribution >= 0.6 is 0 Å². The summed E-state index contributed by atoms with van der Waals surface area (Å²) in [7, 11) is -7.62. The van der Waals surface area contributed by atoms with Crippen LogP contribution in [0.3, 0.4) is 0 Å². The number of hydrogen-bond donors (Lipinski definition) is 2. The summed E-state index contributed by atoms with van der Waals surface area (Å²) < 4.78 is 61.6. The number of fused-ring (bicyclic) bond motifs is 1. The van der Waals surface area contributed by atoms with Crippen molar-refractivity contribution < 1.29 is 26.3 Å². The fourth-order valence-electron chi connectivity index (χ4n) is 2.63. The summed E-state index contributed by atoms with van der Waals surface area (Å²) in [5, 5.41) is 5.07. The lowest BCUT2D eigenvalue weighted by molar-refractivity contribution is 0.297. The maximum Gasteiger partial charge on any atom is 0.241 e. The molecule has 2 aromatic rings. The molecule has 0 saturated carbocycles. The molecule has 146 valence electrons. The first-order chi connectivity index (χ1) is 12.7. The third-order valence-electron chi connectivity index (χ3n) is 4.07. The summed E-state index contributed by atoms with van der Waals surface area (Å²) in [6, 6.07) is 9.57. The molecule has 3 rings (SSSR count). The van der Waals surface area contributed by atoms with Gasteiger partial charge in [-0.25, -0.2) is 26.7 Å². The predicted molar refractivity (Wildman–Crippen MR) is 98.6 cm³/mol.